The maximum atomic E-state index is 11.3. The fourth-order valence-electron chi connectivity index (χ4n) is 3.97. The van der Waals surface area contributed by atoms with Gasteiger partial charge in [0.15, 0.2) is 0 Å². The van der Waals surface area contributed by atoms with Crippen molar-refractivity contribution in [2.45, 2.75) is 25.5 Å². The Kier molecular flexibility index (Phi) is 4.55. The summed E-state index contributed by atoms with van der Waals surface area (Å²) in [5, 5.41) is 3.07. The van der Waals surface area contributed by atoms with E-state index in [0.29, 0.717) is 0 Å². The van der Waals surface area contributed by atoms with Crippen molar-refractivity contribution in [3.8, 4) is 5.75 Å². The van der Waals surface area contributed by atoms with Crippen LogP contribution in [0.4, 0.5) is 5.82 Å². The zero-order valence-electron chi connectivity index (χ0n) is 15.8. The number of nitrogens with two attached hydrogens (primary N) is 1. The molecule has 5 rings (SSSR count). The number of hydrogen-bond donors (Lipinski definition) is 1. The molecule has 1 fully saturated rings. The van der Waals surface area contributed by atoms with Gasteiger partial charge in [0.05, 0.1) is 15.7 Å². The van der Waals surface area contributed by atoms with Crippen LogP contribution in [0.5, 0.6) is 5.75 Å². The summed E-state index contributed by atoms with van der Waals surface area (Å²) in [6, 6.07) is 9.94. The van der Waals surface area contributed by atoms with E-state index in [0.717, 1.165) is 58.6 Å². The number of piperidine rings is 1. The Morgan fingerprint density at radius 1 is 1.21 bits per heavy atom. The second kappa shape index (κ2) is 7.36. The fourth-order valence-corrected chi connectivity index (χ4v) is 4.83. The first-order valence-corrected chi connectivity index (χ1v) is 10.5. The molecule has 0 atom stereocenters. The number of anilines is 1. The molecule has 148 valence electrons. The predicted octanol–water partition coefficient (Wildman–Crippen LogP) is 3.18. The Balaban J connectivity index is 1.30. The van der Waals surface area contributed by atoms with Crippen molar-refractivity contribution in [3.05, 3.63) is 48.2 Å². The third-order valence-corrected chi connectivity index (χ3v) is 6.26. The molecule has 1 aliphatic heterocycles. The number of rotatable bonds is 5. The smallest absolute Gasteiger partial charge is 0.237 e. The van der Waals surface area contributed by atoms with E-state index in [1.54, 1.807) is 17.7 Å². The number of carbonyl (C=O) groups is 1. The average molecular weight is 407 g/mol. The molecule has 0 radical (unpaired) electrons. The Hall–Kier alpha value is -3.13. The molecule has 3 aromatic heterocycles. The van der Waals surface area contributed by atoms with Crippen LogP contribution in [-0.4, -0.2) is 39.6 Å². The topological polar surface area (TPSA) is 86.3 Å². The van der Waals surface area contributed by atoms with Crippen LogP contribution in [-0.2, 0) is 11.3 Å². The lowest BCUT2D eigenvalue weighted by atomic mass is 10.1. The van der Waals surface area contributed by atoms with Crippen molar-refractivity contribution in [1.82, 2.24) is 14.5 Å². The monoisotopic (exact) mass is 407 g/mol. The van der Waals surface area contributed by atoms with Crippen LogP contribution >= 0.6 is 11.3 Å². The van der Waals surface area contributed by atoms with E-state index in [4.69, 9.17) is 10.5 Å². The van der Waals surface area contributed by atoms with Crippen LogP contribution in [0.15, 0.2) is 48.2 Å². The van der Waals surface area contributed by atoms with Gasteiger partial charge in [-0.3, -0.25) is 4.79 Å². The summed E-state index contributed by atoms with van der Waals surface area (Å²) in [5.74, 6) is 1.52. The maximum Gasteiger partial charge on any atom is 0.237 e. The molecule has 8 heteroatoms. The standard InChI is InChI=1S/C21H21N5O2S/c22-19(27)12-26-10-6-15-17(26)2-1-3-18(15)28-14-4-8-25(9-5-14)21-20-16(7-11-29-20)23-13-24-21/h1-3,6-7,10-11,13-14H,4-5,8-9,12H2,(H2,22,27). The largest absolute Gasteiger partial charge is 0.490 e. The van der Waals surface area contributed by atoms with Gasteiger partial charge in [-0.1, -0.05) is 6.07 Å². The molecular formula is C21H21N5O2S. The quantitative estimate of drug-likeness (QED) is 0.549. The summed E-state index contributed by atoms with van der Waals surface area (Å²) in [5.41, 5.74) is 7.31. The number of hydrogen-bond acceptors (Lipinski definition) is 6. The first-order chi connectivity index (χ1) is 14.2. The van der Waals surface area contributed by atoms with Gasteiger partial charge in [0.2, 0.25) is 5.91 Å². The normalized spacial score (nSPS) is 15.2. The highest BCUT2D eigenvalue weighted by Gasteiger charge is 2.24. The van der Waals surface area contributed by atoms with Crippen LogP contribution in [0, 0.1) is 0 Å². The molecule has 1 amide bonds. The Morgan fingerprint density at radius 2 is 2.07 bits per heavy atom. The summed E-state index contributed by atoms with van der Waals surface area (Å²) in [6.07, 6.45) is 5.53. The van der Waals surface area contributed by atoms with Gasteiger partial charge in [-0.15, -0.1) is 11.3 Å². The van der Waals surface area contributed by atoms with E-state index in [2.05, 4.69) is 20.2 Å². The lowest BCUT2D eigenvalue weighted by Crippen LogP contribution is -2.38. The van der Waals surface area contributed by atoms with E-state index in [1.807, 2.05) is 41.1 Å². The van der Waals surface area contributed by atoms with Crippen LogP contribution in [0.25, 0.3) is 21.1 Å². The lowest BCUT2D eigenvalue weighted by molar-refractivity contribution is -0.118. The summed E-state index contributed by atoms with van der Waals surface area (Å²) in [7, 11) is 0. The molecule has 4 heterocycles. The van der Waals surface area contributed by atoms with Crippen molar-refractivity contribution < 1.29 is 9.53 Å². The van der Waals surface area contributed by atoms with Crippen LogP contribution in [0.1, 0.15) is 12.8 Å². The molecule has 1 aromatic carbocycles. The summed E-state index contributed by atoms with van der Waals surface area (Å²) in [6.45, 7) is 1.96. The third kappa shape index (κ3) is 3.40. The average Bonchev–Trinajstić information content (AvgIpc) is 3.36. The zero-order valence-corrected chi connectivity index (χ0v) is 16.6. The number of carbonyl (C=O) groups excluding carboxylic acids is 1. The van der Waals surface area contributed by atoms with Gasteiger partial charge in [0.1, 0.15) is 30.5 Å². The summed E-state index contributed by atoms with van der Waals surface area (Å²) in [4.78, 5) is 22.5. The summed E-state index contributed by atoms with van der Waals surface area (Å²) >= 11 is 1.69. The Morgan fingerprint density at radius 3 is 2.90 bits per heavy atom. The van der Waals surface area contributed by atoms with Crippen molar-refractivity contribution in [1.29, 1.82) is 0 Å². The van der Waals surface area contributed by atoms with Crippen molar-refractivity contribution in [3.63, 3.8) is 0 Å². The number of nitrogens with zero attached hydrogens (tertiary/aromatic N) is 4. The van der Waals surface area contributed by atoms with E-state index < -0.39 is 0 Å². The predicted molar refractivity (Wildman–Crippen MR) is 114 cm³/mol. The minimum atomic E-state index is -0.356. The number of aromatic nitrogens is 3. The van der Waals surface area contributed by atoms with Gasteiger partial charge >= 0.3 is 0 Å². The van der Waals surface area contributed by atoms with Crippen LogP contribution < -0.4 is 15.4 Å². The minimum absolute atomic E-state index is 0.150. The second-order valence-corrected chi connectivity index (χ2v) is 8.15. The molecule has 4 aromatic rings. The summed E-state index contributed by atoms with van der Waals surface area (Å²) < 4.78 is 9.36. The number of fused-ring (bicyclic) bond motifs is 2. The van der Waals surface area contributed by atoms with Gasteiger partial charge in [-0.05, 0) is 29.6 Å². The molecule has 0 spiro atoms. The second-order valence-electron chi connectivity index (χ2n) is 7.24. The number of thiophene rings is 1. The van der Waals surface area contributed by atoms with Crippen LogP contribution in [0.2, 0.25) is 0 Å². The van der Waals surface area contributed by atoms with Crippen molar-refractivity contribution in [2.75, 3.05) is 18.0 Å². The molecule has 29 heavy (non-hydrogen) atoms. The zero-order chi connectivity index (χ0) is 19.8. The van der Waals surface area contributed by atoms with E-state index in [-0.39, 0.29) is 18.6 Å². The number of amides is 1. The van der Waals surface area contributed by atoms with Crippen molar-refractivity contribution in [2.24, 2.45) is 5.73 Å². The Bertz CT molecular complexity index is 1180. The molecule has 2 N–H and O–H groups in total. The first-order valence-electron chi connectivity index (χ1n) is 9.65. The molecule has 0 bridgehead atoms. The molecule has 7 nitrogen and oxygen atoms in total. The first kappa shape index (κ1) is 17.9. The fraction of sp³-hybridized carbons (Fsp3) is 0.286. The van der Waals surface area contributed by atoms with E-state index in [9.17, 15) is 4.79 Å². The highest BCUT2D eigenvalue weighted by atomic mass is 32.1. The number of benzene rings is 1. The SMILES string of the molecule is NC(=O)Cn1ccc2c(OC3CCN(c4ncnc5ccsc45)CC3)cccc21. The molecule has 0 aliphatic carbocycles. The van der Waals surface area contributed by atoms with Gasteiger partial charge < -0.3 is 19.9 Å². The van der Waals surface area contributed by atoms with Gasteiger partial charge in [-0.2, -0.15) is 0 Å². The highest BCUT2D eigenvalue weighted by Crippen LogP contribution is 2.32. The highest BCUT2D eigenvalue weighted by molar-refractivity contribution is 7.17. The molecule has 1 saturated heterocycles. The van der Waals surface area contributed by atoms with Crippen molar-refractivity contribution >= 4 is 44.2 Å². The van der Waals surface area contributed by atoms with Crippen LogP contribution in [0.3, 0.4) is 0 Å². The molecule has 1 aliphatic rings. The minimum Gasteiger partial charge on any atom is -0.490 e. The van der Waals surface area contributed by atoms with E-state index in [1.165, 1.54) is 0 Å². The van der Waals surface area contributed by atoms with Gasteiger partial charge in [0, 0.05) is 37.5 Å². The van der Waals surface area contributed by atoms with E-state index >= 15 is 0 Å². The Labute approximate surface area is 171 Å². The molecule has 0 unspecified atom stereocenters. The number of ether oxygens (including phenoxy) is 1. The lowest BCUT2D eigenvalue weighted by Gasteiger charge is -2.33. The molecule has 0 saturated carbocycles. The van der Waals surface area contributed by atoms with Gasteiger partial charge in [0.25, 0.3) is 0 Å². The number of primary amides is 1. The van der Waals surface area contributed by atoms with Gasteiger partial charge in [-0.25, -0.2) is 9.97 Å². The maximum absolute atomic E-state index is 11.3. The molecular weight excluding hydrogens is 386 g/mol. The third-order valence-electron chi connectivity index (χ3n) is 5.36.